The Morgan fingerprint density at radius 1 is 1.05 bits per heavy atom. The molecule has 0 aliphatic heterocycles. The van der Waals surface area contributed by atoms with Crippen LogP contribution in [0.2, 0.25) is 0 Å². The van der Waals surface area contributed by atoms with Gasteiger partial charge in [-0.05, 0) is 33.4 Å². The Balaban J connectivity index is 2.64. The molecule has 3 heteroatoms. The summed E-state index contributed by atoms with van der Waals surface area (Å²) in [5.74, 6) is 5.92. The molecule has 1 rings (SSSR count). The van der Waals surface area contributed by atoms with Crippen molar-refractivity contribution in [3.05, 3.63) is 0 Å². The molecule has 0 saturated heterocycles. The molecule has 1 fully saturated rings. The maximum atomic E-state index is 5.92. The Kier molecular flexibility index (Phi) is 7.96. The lowest BCUT2D eigenvalue weighted by atomic mass is 9.79. The van der Waals surface area contributed by atoms with Gasteiger partial charge in [0.1, 0.15) is 0 Å². The first-order valence-corrected chi connectivity index (χ1v) is 8.31. The van der Waals surface area contributed by atoms with Gasteiger partial charge in [0, 0.05) is 11.6 Å². The van der Waals surface area contributed by atoms with Gasteiger partial charge in [0.15, 0.2) is 0 Å². The van der Waals surface area contributed by atoms with Crippen molar-refractivity contribution in [2.75, 3.05) is 14.1 Å². The summed E-state index contributed by atoms with van der Waals surface area (Å²) in [4.78, 5) is 2.45. The Labute approximate surface area is 120 Å². The number of unbranched alkanes of at least 4 members (excludes halogenated alkanes) is 3. The molecule has 0 aromatic heterocycles. The molecule has 1 unspecified atom stereocenters. The van der Waals surface area contributed by atoms with Crippen molar-refractivity contribution in [1.29, 1.82) is 0 Å². The molecular weight excluding hydrogens is 234 g/mol. The smallest absolute Gasteiger partial charge is 0.0394 e. The highest BCUT2D eigenvalue weighted by molar-refractivity contribution is 4.98. The molecule has 0 aromatic carbocycles. The van der Waals surface area contributed by atoms with E-state index in [0.29, 0.717) is 6.04 Å². The van der Waals surface area contributed by atoms with Crippen molar-refractivity contribution in [2.45, 2.75) is 89.1 Å². The van der Waals surface area contributed by atoms with E-state index in [1.165, 1.54) is 70.6 Å². The number of nitrogens with two attached hydrogens (primary N) is 1. The van der Waals surface area contributed by atoms with Crippen LogP contribution in [0.3, 0.4) is 0 Å². The molecule has 0 aromatic rings. The fourth-order valence-electron chi connectivity index (χ4n) is 3.73. The van der Waals surface area contributed by atoms with Gasteiger partial charge in [0.2, 0.25) is 0 Å². The Hall–Kier alpha value is -0.120. The molecular formula is C16H35N3. The Morgan fingerprint density at radius 3 is 2.16 bits per heavy atom. The number of likely N-dealkylation sites (N-methyl/N-ethyl adjacent to an activating group) is 1. The second-order valence-electron chi connectivity index (χ2n) is 6.48. The summed E-state index contributed by atoms with van der Waals surface area (Å²) >= 11 is 0. The maximum absolute atomic E-state index is 5.92. The van der Waals surface area contributed by atoms with E-state index in [1.807, 2.05) is 0 Å². The van der Waals surface area contributed by atoms with E-state index < -0.39 is 0 Å². The minimum Gasteiger partial charge on any atom is -0.302 e. The maximum Gasteiger partial charge on any atom is 0.0394 e. The van der Waals surface area contributed by atoms with Crippen molar-refractivity contribution in [1.82, 2.24) is 10.3 Å². The SMILES string of the molecule is CCCCCCC(NN)C1(N(C)C)CCCCCC1. The minimum absolute atomic E-state index is 0.275. The third-order valence-electron chi connectivity index (χ3n) is 5.06. The fourth-order valence-corrected chi connectivity index (χ4v) is 3.73. The van der Waals surface area contributed by atoms with Gasteiger partial charge in [-0.3, -0.25) is 11.3 Å². The third-order valence-corrected chi connectivity index (χ3v) is 5.06. The molecule has 0 amide bonds. The van der Waals surface area contributed by atoms with Gasteiger partial charge in [-0.25, -0.2) is 0 Å². The number of rotatable bonds is 8. The van der Waals surface area contributed by atoms with Crippen LogP contribution in [0, 0.1) is 0 Å². The average molecular weight is 269 g/mol. The summed E-state index contributed by atoms with van der Waals surface area (Å²) in [5, 5.41) is 0. The van der Waals surface area contributed by atoms with E-state index in [-0.39, 0.29) is 5.54 Å². The van der Waals surface area contributed by atoms with Crippen molar-refractivity contribution in [3.8, 4) is 0 Å². The topological polar surface area (TPSA) is 41.3 Å². The molecule has 0 spiro atoms. The molecule has 0 heterocycles. The number of nitrogens with one attached hydrogen (secondary N) is 1. The summed E-state index contributed by atoms with van der Waals surface area (Å²) in [7, 11) is 4.48. The van der Waals surface area contributed by atoms with Crippen molar-refractivity contribution >= 4 is 0 Å². The van der Waals surface area contributed by atoms with Crippen molar-refractivity contribution in [2.24, 2.45) is 5.84 Å². The first-order chi connectivity index (χ1) is 9.17. The number of hydrogen-bond acceptors (Lipinski definition) is 3. The van der Waals surface area contributed by atoms with Crippen LogP contribution >= 0.6 is 0 Å². The second kappa shape index (κ2) is 8.93. The molecule has 3 N–H and O–H groups in total. The molecule has 1 aliphatic carbocycles. The van der Waals surface area contributed by atoms with Gasteiger partial charge in [0.25, 0.3) is 0 Å². The van der Waals surface area contributed by atoms with Crippen LogP contribution in [-0.4, -0.2) is 30.6 Å². The van der Waals surface area contributed by atoms with E-state index in [2.05, 4.69) is 31.3 Å². The zero-order valence-electron chi connectivity index (χ0n) is 13.4. The molecule has 0 radical (unpaired) electrons. The largest absolute Gasteiger partial charge is 0.302 e. The summed E-state index contributed by atoms with van der Waals surface area (Å²) in [6.45, 7) is 2.27. The first-order valence-electron chi connectivity index (χ1n) is 8.31. The lowest BCUT2D eigenvalue weighted by Crippen LogP contribution is -2.60. The monoisotopic (exact) mass is 269 g/mol. The van der Waals surface area contributed by atoms with Crippen molar-refractivity contribution in [3.63, 3.8) is 0 Å². The Bertz CT molecular complexity index is 220. The third kappa shape index (κ3) is 4.73. The Morgan fingerprint density at radius 2 is 1.68 bits per heavy atom. The molecule has 1 saturated carbocycles. The highest BCUT2D eigenvalue weighted by Gasteiger charge is 2.39. The van der Waals surface area contributed by atoms with Crippen LogP contribution in [0.25, 0.3) is 0 Å². The summed E-state index contributed by atoms with van der Waals surface area (Å²) < 4.78 is 0. The summed E-state index contributed by atoms with van der Waals surface area (Å²) in [6, 6.07) is 0.442. The van der Waals surface area contributed by atoms with Crippen LogP contribution in [-0.2, 0) is 0 Å². The molecule has 0 bridgehead atoms. The first kappa shape index (κ1) is 16.9. The van der Waals surface area contributed by atoms with Crippen LogP contribution in [0.1, 0.15) is 77.6 Å². The van der Waals surface area contributed by atoms with E-state index in [0.717, 1.165) is 0 Å². The highest BCUT2D eigenvalue weighted by atomic mass is 15.3. The number of hydrogen-bond donors (Lipinski definition) is 2. The second-order valence-corrected chi connectivity index (χ2v) is 6.48. The normalized spacial score (nSPS) is 21.3. The molecule has 19 heavy (non-hydrogen) atoms. The van der Waals surface area contributed by atoms with Crippen LogP contribution < -0.4 is 11.3 Å². The zero-order valence-corrected chi connectivity index (χ0v) is 13.4. The number of hydrazine groups is 1. The fraction of sp³-hybridized carbons (Fsp3) is 1.00. The van der Waals surface area contributed by atoms with Crippen molar-refractivity contribution < 1.29 is 0 Å². The number of nitrogens with zero attached hydrogens (tertiary/aromatic N) is 1. The predicted molar refractivity (Wildman–Crippen MR) is 84.0 cm³/mol. The van der Waals surface area contributed by atoms with E-state index >= 15 is 0 Å². The van der Waals surface area contributed by atoms with Gasteiger partial charge >= 0.3 is 0 Å². The van der Waals surface area contributed by atoms with Gasteiger partial charge in [0.05, 0.1) is 0 Å². The standard InChI is InChI=1S/C16H35N3/c1-4-5-6-9-12-15(18-17)16(19(2)3)13-10-7-8-11-14-16/h15,18H,4-14,17H2,1-3H3. The molecule has 1 atom stereocenters. The van der Waals surface area contributed by atoms with E-state index in [1.54, 1.807) is 0 Å². The van der Waals surface area contributed by atoms with E-state index in [4.69, 9.17) is 5.84 Å². The molecule has 114 valence electrons. The quantitative estimate of drug-likeness (QED) is 0.307. The van der Waals surface area contributed by atoms with Crippen LogP contribution in [0.5, 0.6) is 0 Å². The summed E-state index contributed by atoms with van der Waals surface area (Å²) in [5.41, 5.74) is 3.43. The van der Waals surface area contributed by atoms with Gasteiger partial charge < -0.3 is 4.90 Å². The average Bonchev–Trinajstić information content (AvgIpc) is 2.65. The minimum atomic E-state index is 0.275. The lowest BCUT2D eigenvalue weighted by Gasteiger charge is -2.45. The van der Waals surface area contributed by atoms with E-state index in [9.17, 15) is 0 Å². The molecule has 3 nitrogen and oxygen atoms in total. The van der Waals surface area contributed by atoms with Crippen LogP contribution in [0.4, 0.5) is 0 Å². The molecule has 1 aliphatic rings. The van der Waals surface area contributed by atoms with Gasteiger partial charge in [-0.2, -0.15) is 0 Å². The van der Waals surface area contributed by atoms with Crippen LogP contribution in [0.15, 0.2) is 0 Å². The summed E-state index contributed by atoms with van der Waals surface area (Å²) in [6.07, 6.45) is 14.6. The highest BCUT2D eigenvalue weighted by Crippen LogP contribution is 2.35. The van der Waals surface area contributed by atoms with Gasteiger partial charge in [-0.1, -0.05) is 58.3 Å². The lowest BCUT2D eigenvalue weighted by molar-refractivity contribution is 0.0750. The predicted octanol–water partition coefficient (Wildman–Crippen LogP) is 3.44. The van der Waals surface area contributed by atoms with Gasteiger partial charge in [-0.15, -0.1) is 0 Å². The zero-order chi connectivity index (χ0) is 14.1.